The topological polar surface area (TPSA) is 76.5 Å². The maximum Gasteiger partial charge on any atom is 0.222 e. The van der Waals surface area contributed by atoms with Crippen LogP contribution in [0.1, 0.15) is 36.6 Å². The van der Waals surface area contributed by atoms with E-state index in [9.17, 15) is 4.79 Å². The quantitative estimate of drug-likeness (QED) is 0.653. The molecule has 4 rings (SSSR count). The normalized spacial score (nSPS) is 16.3. The number of anilines is 1. The number of pyridine rings is 1. The Kier molecular flexibility index (Phi) is 7.66. The highest BCUT2D eigenvalue weighted by Crippen LogP contribution is 2.26. The number of nitrogens with zero attached hydrogens (tertiary/aromatic N) is 4. The average molecular weight is 422 g/mol. The highest BCUT2D eigenvalue weighted by atomic mass is 35.5. The Morgan fingerprint density at radius 3 is 2.71 bits per heavy atom. The largest absolute Gasteiger partial charge is 0.399 e. The number of rotatable bonds is 4. The van der Waals surface area contributed by atoms with Gasteiger partial charge >= 0.3 is 0 Å². The number of amides is 1. The molecular formula is C20H25Cl2N5O. The predicted octanol–water partition coefficient (Wildman–Crippen LogP) is 3.49. The van der Waals surface area contributed by atoms with Crippen molar-refractivity contribution < 1.29 is 4.79 Å². The molecule has 1 atom stereocenters. The van der Waals surface area contributed by atoms with Crippen molar-refractivity contribution in [3.63, 3.8) is 0 Å². The molecule has 0 aliphatic carbocycles. The molecule has 1 saturated heterocycles. The number of likely N-dealkylation sites (tertiary alicyclic amines) is 1. The molecule has 8 heteroatoms. The van der Waals surface area contributed by atoms with Crippen LogP contribution in [0.2, 0.25) is 0 Å². The van der Waals surface area contributed by atoms with Crippen LogP contribution in [-0.2, 0) is 11.2 Å². The molecule has 0 saturated carbocycles. The Bertz CT molecular complexity index is 930. The average Bonchev–Trinajstić information content (AvgIpc) is 3.11. The minimum atomic E-state index is 0. The second-order valence-corrected chi connectivity index (χ2v) is 6.86. The van der Waals surface area contributed by atoms with Crippen LogP contribution in [0.4, 0.5) is 5.69 Å². The Morgan fingerprint density at radius 1 is 1.11 bits per heavy atom. The number of hydrogen-bond acceptors (Lipinski definition) is 4. The van der Waals surface area contributed by atoms with Crippen LogP contribution in [-0.4, -0.2) is 38.5 Å². The number of piperidine rings is 1. The molecule has 1 aromatic carbocycles. The maximum atomic E-state index is 12.7. The van der Waals surface area contributed by atoms with Gasteiger partial charge in [0.05, 0.1) is 0 Å². The lowest BCUT2D eigenvalue weighted by atomic mass is 9.96. The lowest BCUT2D eigenvalue weighted by Gasteiger charge is -2.32. The van der Waals surface area contributed by atoms with Crippen LogP contribution >= 0.6 is 24.8 Å². The summed E-state index contributed by atoms with van der Waals surface area (Å²) in [6.07, 6.45) is 5.18. The van der Waals surface area contributed by atoms with Gasteiger partial charge in [0.25, 0.3) is 0 Å². The van der Waals surface area contributed by atoms with Crippen LogP contribution in [0.3, 0.4) is 0 Å². The summed E-state index contributed by atoms with van der Waals surface area (Å²) in [6, 6.07) is 13.6. The number of carbonyl (C=O) groups excluding carboxylic acids is 1. The van der Waals surface area contributed by atoms with E-state index in [0.717, 1.165) is 42.1 Å². The van der Waals surface area contributed by atoms with E-state index >= 15 is 0 Å². The van der Waals surface area contributed by atoms with Crippen LogP contribution in [0, 0.1) is 0 Å². The first-order valence-electron chi connectivity index (χ1n) is 9.13. The van der Waals surface area contributed by atoms with Gasteiger partial charge in [0.15, 0.2) is 5.65 Å². The van der Waals surface area contributed by atoms with Gasteiger partial charge in [0.2, 0.25) is 5.91 Å². The smallest absolute Gasteiger partial charge is 0.222 e. The second kappa shape index (κ2) is 9.75. The summed E-state index contributed by atoms with van der Waals surface area (Å²) in [5.74, 6) is 1.36. The summed E-state index contributed by atoms with van der Waals surface area (Å²) < 4.78 is 2.03. The lowest BCUT2D eigenvalue weighted by Crippen LogP contribution is -2.39. The van der Waals surface area contributed by atoms with Gasteiger partial charge in [-0.05, 0) is 43.0 Å². The minimum absolute atomic E-state index is 0. The predicted molar refractivity (Wildman–Crippen MR) is 115 cm³/mol. The van der Waals surface area contributed by atoms with Crippen molar-refractivity contribution in [2.45, 2.75) is 31.6 Å². The van der Waals surface area contributed by atoms with Crippen molar-refractivity contribution in [2.24, 2.45) is 0 Å². The highest BCUT2D eigenvalue weighted by Gasteiger charge is 2.27. The fourth-order valence-corrected chi connectivity index (χ4v) is 3.71. The van der Waals surface area contributed by atoms with Gasteiger partial charge in [-0.3, -0.25) is 9.20 Å². The van der Waals surface area contributed by atoms with E-state index < -0.39 is 0 Å². The molecule has 1 unspecified atom stereocenters. The Morgan fingerprint density at radius 2 is 1.89 bits per heavy atom. The van der Waals surface area contributed by atoms with E-state index in [4.69, 9.17) is 5.73 Å². The van der Waals surface area contributed by atoms with Gasteiger partial charge in [0, 0.05) is 37.3 Å². The summed E-state index contributed by atoms with van der Waals surface area (Å²) in [7, 11) is 0. The van der Waals surface area contributed by atoms with Crippen molar-refractivity contribution in [2.75, 3.05) is 18.8 Å². The first-order valence-corrected chi connectivity index (χ1v) is 9.13. The zero-order valence-electron chi connectivity index (χ0n) is 15.5. The third-order valence-electron chi connectivity index (χ3n) is 5.14. The molecule has 1 amide bonds. The van der Waals surface area contributed by atoms with Crippen LogP contribution in [0.15, 0.2) is 48.7 Å². The molecule has 0 bridgehead atoms. The summed E-state index contributed by atoms with van der Waals surface area (Å²) >= 11 is 0. The monoisotopic (exact) mass is 421 g/mol. The minimum Gasteiger partial charge on any atom is -0.399 e. The van der Waals surface area contributed by atoms with E-state index in [-0.39, 0.29) is 36.6 Å². The molecule has 28 heavy (non-hydrogen) atoms. The number of para-hydroxylation sites is 1. The molecule has 6 nitrogen and oxygen atoms in total. The van der Waals surface area contributed by atoms with E-state index in [1.165, 1.54) is 0 Å². The third kappa shape index (κ3) is 4.56. The fraction of sp³-hybridized carbons (Fsp3) is 0.350. The summed E-state index contributed by atoms with van der Waals surface area (Å²) in [6.45, 7) is 1.52. The van der Waals surface area contributed by atoms with Gasteiger partial charge in [0.1, 0.15) is 5.82 Å². The number of aryl methyl sites for hydroxylation is 1. The molecule has 150 valence electrons. The summed E-state index contributed by atoms with van der Waals surface area (Å²) in [4.78, 5) is 14.7. The molecule has 0 radical (unpaired) electrons. The number of hydrogen-bond donors (Lipinski definition) is 1. The van der Waals surface area contributed by atoms with E-state index in [1.54, 1.807) is 0 Å². The first-order chi connectivity index (χ1) is 12.7. The molecule has 3 heterocycles. The zero-order valence-corrected chi connectivity index (χ0v) is 17.2. The number of benzene rings is 1. The maximum absolute atomic E-state index is 12.7. The molecule has 2 N–H and O–H groups in total. The van der Waals surface area contributed by atoms with Crippen molar-refractivity contribution in [1.82, 2.24) is 19.5 Å². The standard InChI is InChI=1S/C20H23N5O.2ClH/c21-17-8-2-1-6-15(17)10-11-19(26)24-12-5-7-16(14-24)20-23-22-18-9-3-4-13-25(18)20;;/h1-4,6,8-9,13,16H,5,7,10-12,14,21H2;2*1H. The van der Waals surface area contributed by atoms with E-state index in [0.29, 0.717) is 19.4 Å². The van der Waals surface area contributed by atoms with Crippen LogP contribution in [0.5, 0.6) is 0 Å². The lowest BCUT2D eigenvalue weighted by molar-refractivity contribution is -0.132. The van der Waals surface area contributed by atoms with Crippen molar-refractivity contribution in [3.8, 4) is 0 Å². The Hall–Kier alpha value is -2.31. The number of halogens is 2. The first kappa shape index (κ1) is 22.0. The molecule has 1 aliphatic heterocycles. The van der Waals surface area contributed by atoms with Crippen molar-refractivity contribution in [3.05, 3.63) is 60.0 Å². The zero-order chi connectivity index (χ0) is 17.9. The van der Waals surface area contributed by atoms with Crippen LogP contribution < -0.4 is 5.73 Å². The molecule has 0 spiro atoms. The van der Waals surface area contributed by atoms with Gasteiger partial charge in [-0.25, -0.2) is 0 Å². The number of carbonyl (C=O) groups is 1. The van der Waals surface area contributed by atoms with Gasteiger partial charge < -0.3 is 10.6 Å². The van der Waals surface area contributed by atoms with Crippen molar-refractivity contribution >= 4 is 42.1 Å². The molecular weight excluding hydrogens is 397 g/mol. The molecule has 2 aromatic heterocycles. The van der Waals surface area contributed by atoms with Gasteiger partial charge in [-0.2, -0.15) is 0 Å². The third-order valence-corrected chi connectivity index (χ3v) is 5.14. The Balaban J connectivity index is 0.00000140. The van der Waals surface area contributed by atoms with Gasteiger partial charge in [-0.15, -0.1) is 35.0 Å². The summed E-state index contributed by atoms with van der Waals surface area (Å²) in [5, 5.41) is 8.62. The molecule has 1 aliphatic rings. The highest BCUT2D eigenvalue weighted by molar-refractivity contribution is 5.85. The van der Waals surface area contributed by atoms with Crippen LogP contribution in [0.25, 0.3) is 5.65 Å². The van der Waals surface area contributed by atoms with E-state index in [1.807, 2.05) is 58.0 Å². The number of nitrogen functional groups attached to an aromatic ring is 1. The summed E-state index contributed by atoms with van der Waals surface area (Å²) in [5.41, 5.74) is 8.63. The van der Waals surface area contributed by atoms with Crippen molar-refractivity contribution in [1.29, 1.82) is 0 Å². The number of nitrogens with two attached hydrogens (primary N) is 1. The molecule has 1 fully saturated rings. The fourth-order valence-electron chi connectivity index (χ4n) is 3.71. The SMILES string of the molecule is Cl.Cl.Nc1ccccc1CCC(=O)N1CCCC(c2nnc3ccccn23)C1. The second-order valence-electron chi connectivity index (χ2n) is 6.86. The Labute approximate surface area is 176 Å². The number of aromatic nitrogens is 3. The van der Waals surface area contributed by atoms with Gasteiger partial charge in [-0.1, -0.05) is 24.3 Å². The number of fused-ring (bicyclic) bond motifs is 1. The van der Waals surface area contributed by atoms with E-state index in [2.05, 4.69) is 10.2 Å². The molecule has 3 aromatic rings.